The summed E-state index contributed by atoms with van der Waals surface area (Å²) in [5, 5.41) is 0. The zero-order valence-electron chi connectivity index (χ0n) is 34.4. The Labute approximate surface area is 325 Å². The third kappa shape index (κ3) is 41.0. The fraction of sp³-hybridized carbons (Fsp3) is 0.705. The maximum absolute atomic E-state index is 12.6. The quantitative estimate of drug-likeness (QED) is 0.0204. The van der Waals surface area contributed by atoms with Crippen LogP contribution in [0.2, 0.25) is 0 Å². The Hall–Kier alpha value is -2.06. The summed E-state index contributed by atoms with van der Waals surface area (Å²) < 4.78 is 34.4. The van der Waals surface area contributed by atoms with Crippen molar-refractivity contribution in [2.45, 2.75) is 148 Å². The maximum atomic E-state index is 12.6. The van der Waals surface area contributed by atoms with Crippen LogP contribution < -0.4 is 4.89 Å². The predicted octanol–water partition coefficient (Wildman–Crippen LogP) is 11.3. The normalized spacial score (nSPS) is 14.6. The van der Waals surface area contributed by atoms with E-state index in [0.717, 1.165) is 77.0 Å². The highest BCUT2D eigenvalue weighted by atomic mass is 31.2. The lowest BCUT2D eigenvalue weighted by atomic mass is 10.1. The van der Waals surface area contributed by atoms with Crippen molar-refractivity contribution >= 4 is 13.8 Å². The van der Waals surface area contributed by atoms with Gasteiger partial charge in [-0.1, -0.05) is 132 Å². The van der Waals surface area contributed by atoms with E-state index >= 15 is 0 Å². The molecule has 0 radical (unpaired) electrons. The molecular formula is C44H78NO7P. The molecule has 0 bridgehead atoms. The minimum Gasteiger partial charge on any atom is -0.756 e. The highest BCUT2D eigenvalue weighted by molar-refractivity contribution is 7.45. The number of hydrogen-bond donors (Lipinski definition) is 0. The molecule has 0 N–H and O–H groups in total. The van der Waals surface area contributed by atoms with E-state index in [1.165, 1.54) is 44.9 Å². The number of quaternary nitrogens is 1. The molecule has 8 nitrogen and oxygen atoms in total. The Morgan fingerprint density at radius 2 is 1.09 bits per heavy atom. The molecule has 2 atom stereocenters. The average molecular weight is 764 g/mol. The number of unbranched alkanes of at least 4 members (excludes halogenated alkanes) is 11. The Balaban J connectivity index is 4.37. The van der Waals surface area contributed by atoms with Crippen molar-refractivity contribution in [1.82, 2.24) is 0 Å². The van der Waals surface area contributed by atoms with Gasteiger partial charge in [0.2, 0.25) is 0 Å². The minimum atomic E-state index is -4.54. The van der Waals surface area contributed by atoms with Crippen molar-refractivity contribution in [3.63, 3.8) is 0 Å². The highest BCUT2D eigenvalue weighted by Crippen LogP contribution is 2.38. The molecule has 0 aromatic carbocycles. The summed E-state index contributed by atoms with van der Waals surface area (Å²) in [6, 6.07) is 0. The van der Waals surface area contributed by atoms with Gasteiger partial charge in [0.05, 0.1) is 34.4 Å². The molecule has 0 aromatic rings. The summed E-state index contributed by atoms with van der Waals surface area (Å²) in [6.07, 6.45) is 46.4. The predicted molar refractivity (Wildman–Crippen MR) is 222 cm³/mol. The van der Waals surface area contributed by atoms with Gasteiger partial charge in [0.15, 0.2) is 0 Å². The van der Waals surface area contributed by atoms with Crippen molar-refractivity contribution in [3.8, 4) is 0 Å². The molecule has 0 fully saturated rings. The van der Waals surface area contributed by atoms with Gasteiger partial charge >= 0.3 is 5.97 Å². The number of rotatable bonds is 37. The number of carbonyl (C=O) groups is 1. The van der Waals surface area contributed by atoms with Crippen molar-refractivity contribution in [1.29, 1.82) is 0 Å². The van der Waals surface area contributed by atoms with Crippen LogP contribution in [0.25, 0.3) is 0 Å². The third-order valence-electron chi connectivity index (χ3n) is 8.24. The van der Waals surface area contributed by atoms with E-state index in [2.05, 4.69) is 86.8 Å². The number of phosphoric acid groups is 1. The number of nitrogens with zero attached hydrogens (tertiary/aromatic N) is 1. The molecule has 0 aliphatic rings. The van der Waals surface area contributed by atoms with Crippen LogP contribution >= 0.6 is 7.82 Å². The summed E-state index contributed by atoms with van der Waals surface area (Å²) in [5.41, 5.74) is 0. The molecule has 0 saturated carbocycles. The van der Waals surface area contributed by atoms with E-state index < -0.39 is 13.9 Å². The van der Waals surface area contributed by atoms with E-state index in [1.807, 2.05) is 21.1 Å². The lowest BCUT2D eigenvalue weighted by molar-refractivity contribution is -0.870. The van der Waals surface area contributed by atoms with Gasteiger partial charge in [-0.05, 0) is 77.0 Å². The molecule has 9 heteroatoms. The highest BCUT2D eigenvalue weighted by Gasteiger charge is 2.20. The van der Waals surface area contributed by atoms with Gasteiger partial charge in [-0.25, -0.2) is 0 Å². The standard InChI is InChI=1S/C44H78NO7P/c1-6-8-10-12-14-16-18-20-22-23-24-25-27-29-31-33-35-37-44(46)52-43(42-51-53(47,48)50-40-38-45(3,4)5)41-49-39-36-34-32-30-28-26-21-19-17-15-13-11-9-7-2/h9,11,14-17,20-22,26,30,32,43H,6-8,10,12-13,18-19,23-25,27-29,31,33-42H2,1-5H3/b11-9-,16-14-,17-15-,22-20-,26-21-,32-30-. The lowest BCUT2D eigenvalue weighted by Gasteiger charge is -2.28. The van der Waals surface area contributed by atoms with Crippen LogP contribution in [0, 0.1) is 0 Å². The molecule has 53 heavy (non-hydrogen) atoms. The van der Waals surface area contributed by atoms with Gasteiger partial charge < -0.3 is 27.9 Å². The first-order valence-electron chi connectivity index (χ1n) is 20.7. The molecule has 2 unspecified atom stereocenters. The first-order valence-corrected chi connectivity index (χ1v) is 22.1. The zero-order valence-corrected chi connectivity index (χ0v) is 35.3. The van der Waals surface area contributed by atoms with Crippen LogP contribution in [0.15, 0.2) is 72.9 Å². The molecule has 306 valence electrons. The third-order valence-corrected chi connectivity index (χ3v) is 9.21. The van der Waals surface area contributed by atoms with E-state index in [9.17, 15) is 14.3 Å². The second-order valence-electron chi connectivity index (χ2n) is 14.6. The summed E-state index contributed by atoms with van der Waals surface area (Å²) in [5.74, 6) is -0.365. The Morgan fingerprint density at radius 3 is 1.64 bits per heavy atom. The Bertz CT molecular complexity index is 1070. The van der Waals surface area contributed by atoms with E-state index in [1.54, 1.807) is 0 Å². The molecule has 0 spiro atoms. The number of likely N-dealkylation sites (N-methyl/N-ethyl adjacent to an activating group) is 1. The summed E-state index contributed by atoms with van der Waals surface area (Å²) in [7, 11) is 1.30. The van der Waals surface area contributed by atoms with Crippen LogP contribution in [0.3, 0.4) is 0 Å². The number of hydrogen-bond acceptors (Lipinski definition) is 7. The first kappa shape index (κ1) is 50.9. The summed E-state index contributed by atoms with van der Waals surface area (Å²) in [4.78, 5) is 25.0. The molecule has 0 aromatic heterocycles. The smallest absolute Gasteiger partial charge is 0.306 e. The fourth-order valence-electron chi connectivity index (χ4n) is 5.05. The monoisotopic (exact) mass is 764 g/mol. The van der Waals surface area contributed by atoms with E-state index in [4.69, 9.17) is 18.5 Å². The van der Waals surface area contributed by atoms with Crippen molar-refractivity contribution < 1.29 is 37.3 Å². The average Bonchev–Trinajstić information content (AvgIpc) is 3.11. The molecular weight excluding hydrogens is 685 g/mol. The number of allylic oxidation sites excluding steroid dienone is 12. The van der Waals surface area contributed by atoms with E-state index in [-0.39, 0.29) is 32.2 Å². The van der Waals surface area contributed by atoms with Gasteiger partial charge in [-0.3, -0.25) is 9.36 Å². The van der Waals surface area contributed by atoms with Gasteiger partial charge in [0, 0.05) is 13.0 Å². The van der Waals surface area contributed by atoms with Crippen LogP contribution in [0.5, 0.6) is 0 Å². The molecule has 0 amide bonds. The van der Waals surface area contributed by atoms with Crippen LogP contribution in [-0.2, 0) is 27.9 Å². The summed E-state index contributed by atoms with van der Waals surface area (Å²) in [6.45, 7) is 5.08. The van der Waals surface area contributed by atoms with E-state index in [0.29, 0.717) is 17.6 Å². The number of esters is 1. The van der Waals surface area contributed by atoms with Crippen molar-refractivity contribution in [3.05, 3.63) is 72.9 Å². The van der Waals surface area contributed by atoms with Crippen LogP contribution in [-0.4, -0.2) is 70.7 Å². The lowest BCUT2D eigenvalue weighted by Crippen LogP contribution is -2.37. The SMILES string of the molecule is CC/C=C\C/C=C\C/C=C\C/C=C\CCCOCC(COP(=O)([O-])OCC[N+](C)(C)C)OC(=O)CCCCCCCCC/C=C\C/C=C\CCCCC. The molecule has 0 aliphatic heterocycles. The fourth-order valence-corrected chi connectivity index (χ4v) is 5.78. The first-order chi connectivity index (χ1) is 25.6. The molecule has 0 rings (SSSR count). The summed E-state index contributed by atoms with van der Waals surface area (Å²) >= 11 is 0. The number of carbonyl (C=O) groups excluding carboxylic acids is 1. The van der Waals surface area contributed by atoms with Crippen LogP contribution in [0.4, 0.5) is 0 Å². The number of ether oxygens (including phenoxy) is 2. The van der Waals surface area contributed by atoms with Gasteiger partial charge in [-0.2, -0.15) is 0 Å². The Kier molecular flexibility index (Phi) is 35.5. The maximum Gasteiger partial charge on any atom is 0.306 e. The van der Waals surface area contributed by atoms with Crippen molar-refractivity contribution in [2.75, 3.05) is 54.1 Å². The molecule has 0 heterocycles. The molecule has 0 aliphatic carbocycles. The topological polar surface area (TPSA) is 94.1 Å². The largest absolute Gasteiger partial charge is 0.756 e. The number of phosphoric ester groups is 1. The van der Waals surface area contributed by atoms with Gasteiger partial charge in [0.1, 0.15) is 19.3 Å². The van der Waals surface area contributed by atoms with Gasteiger partial charge in [-0.15, -0.1) is 0 Å². The van der Waals surface area contributed by atoms with Crippen molar-refractivity contribution in [2.24, 2.45) is 0 Å². The Morgan fingerprint density at radius 1 is 0.604 bits per heavy atom. The second-order valence-corrected chi connectivity index (χ2v) is 16.0. The second kappa shape index (κ2) is 36.9. The zero-order chi connectivity index (χ0) is 39.1. The molecule has 0 saturated heterocycles. The van der Waals surface area contributed by atoms with Gasteiger partial charge in [0.25, 0.3) is 7.82 Å². The van der Waals surface area contributed by atoms with Crippen LogP contribution in [0.1, 0.15) is 142 Å². The minimum absolute atomic E-state index is 0.0106.